The van der Waals surface area contributed by atoms with E-state index in [-0.39, 0.29) is 5.78 Å². The van der Waals surface area contributed by atoms with E-state index in [9.17, 15) is 4.79 Å². The minimum absolute atomic E-state index is 0.0243. The maximum Gasteiger partial charge on any atom is 0.203 e. The van der Waals surface area contributed by atoms with Crippen LogP contribution < -0.4 is 9.47 Å². The number of thiophene rings is 1. The summed E-state index contributed by atoms with van der Waals surface area (Å²) in [5.41, 5.74) is 2.61. The molecule has 0 N–H and O–H groups in total. The summed E-state index contributed by atoms with van der Waals surface area (Å²) in [5, 5.41) is 1.04. The largest absolute Gasteiger partial charge is 0.497 e. The highest BCUT2D eigenvalue weighted by atomic mass is 32.1. The first-order chi connectivity index (χ1) is 17.2. The van der Waals surface area contributed by atoms with Gasteiger partial charge < -0.3 is 9.47 Å². The van der Waals surface area contributed by atoms with Crippen LogP contribution in [0, 0.1) is 0 Å². The van der Waals surface area contributed by atoms with Crippen molar-refractivity contribution in [2.45, 2.75) is 32.6 Å². The first kappa shape index (κ1) is 24.7. The Morgan fingerprint density at radius 2 is 1.71 bits per heavy atom. The van der Waals surface area contributed by atoms with Crippen molar-refractivity contribution in [2.24, 2.45) is 4.99 Å². The number of benzene rings is 3. The maximum absolute atomic E-state index is 13.5. The SMILES string of the molecule is CCCCCCN=CCOc1ccc(-c2c(C(=O)c3ccccc3)sc3cc(OC)ccc23)cc1. The van der Waals surface area contributed by atoms with Gasteiger partial charge >= 0.3 is 0 Å². The number of aliphatic imine (C=N–C) groups is 1. The molecule has 5 heteroatoms. The lowest BCUT2D eigenvalue weighted by molar-refractivity contribution is 0.104. The molecule has 180 valence electrons. The highest BCUT2D eigenvalue weighted by Crippen LogP contribution is 2.41. The van der Waals surface area contributed by atoms with Crippen LogP contribution in [0.3, 0.4) is 0 Å². The van der Waals surface area contributed by atoms with Gasteiger partial charge in [0.25, 0.3) is 0 Å². The molecule has 0 saturated carbocycles. The molecule has 0 saturated heterocycles. The summed E-state index contributed by atoms with van der Waals surface area (Å²) in [4.78, 5) is 18.6. The van der Waals surface area contributed by atoms with Gasteiger partial charge in [-0.3, -0.25) is 9.79 Å². The van der Waals surface area contributed by atoms with E-state index in [1.165, 1.54) is 30.6 Å². The standard InChI is InChI=1S/C30H31NO3S/c1-3-4-5-9-18-31-19-20-34-24-14-12-22(13-15-24)28-26-17-16-25(33-2)21-27(26)35-30(28)29(32)23-10-7-6-8-11-23/h6-8,10-17,19,21H,3-5,9,18,20H2,1-2H3. The van der Waals surface area contributed by atoms with Crippen molar-refractivity contribution in [3.05, 3.63) is 83.2 Å². The van der Waals surface area contributed by atoms with E-state index in [1.807, 2.05) is 79.0 Å². The minimum atomic E-state index is 0.0243. The van der Waals surface area contributed by atoms with E-state index < -0.39 is 0 Å². The molecule has 0 fully saturated rings. The van der Waals surface area contributed by atoms with Gasteiger partial charge in [-0.25, -0.2) is 0 Å². The van der Waals surface area contributed by atoms with Gasteiger partial charge in [0.15, 0.2) is 0 Å². The molecular formula is C30H31NO3S. The highest BCUT2D eigenvalue weighted by molar-refractivity contribution is 7.21. The molecule has 1 heterocycles. The van der Waals surface area contributed by atoms with Gasteiger partial charge in [0, 0.05) is 34.0 Å². The van der Waals surface area contributed by atoms with Crippen molar-refractivity contribution in [1.82, 2.24) is 0 Å². The van der Waals surface area contributed by atoms with Gasteiger partial charge in [-0.1, -0.05) is 68.7 Å². The van der Waals surface area contributed by atoms with Crippen LogP contribution in [-0.4, -0.2) is 32.3 Å². The summed E-state index contributed by atoms with van der Waals surface area (Å²) >= 11 is 1.50. The number of unbranched alkanes of at least 4 members (excludes halogenated alkanes) is 3. The molecule has 0 spiro atoms. The Morgan fingerprint density at radius 3 is 2.46 bits per heavy atom. The lowest BCUT2D eigenvalue weighted by Crippen LogP contribution is -2.00. The molecule has 4 aromatic rings. The van der Waals surface area contributed by atoms with Gasteiger partial charge in [0.05, 0.1) is 12.0 Å². The molecular weight excluding hydrogens is 454 g/mol. The summed E-state index contributed by atoms with van der Waals surface area (Å²) in [7, 11) is 1.65. The Bertz CT molecular complexity index is 1280. The Morgan fingerprint density at radius 1 is 0.943 bits per heavy atom. The van der Waals surface area contributed by atoms with Crippen LogP contribution in [0.15, 0.2) is 77.8 Å². The molecule has 0 aliphatic carbocycles. The number of ether oxygens (including phenoxy) is 2. The van der Waals surface area contributed by atoms with Crippen LogP contribution in [0.25, 0.3) is 21.2 Å². The van der Waals surface area contributed by atoms with E-state index >= 15 is 0 Å². The fourth-order valence-corrected chi connectivity index (χ4v) is 5.21. The predicted octanol–water partition coefficient (Wildman–Crippen LogP) is 7.84. The first-order valence-corrected chi connectivity index (χ1v) is 12.9. The van der Waals surface area contributed by atoms with Gasteiger partial charge in [-0.15, -0.1) is 11.3 Å². The topological polar surface area (TPSA) is 47.9 Å². The third-order valence-corrected chi connectivity index (χ3v) is 7.03. The molecule has 0 aliphatic heterocycles. The van der Waals surface area contributed by atoms with E-state index in [2.05, 4.69) is 11.9 Å². The lowest BCUT2D eigenvalue weighted by Gasteiger charge is -2.08. The number of ketones is 1. The van der Waals surface area contributed by atoms with Gasteiger partial charge in [-0.05, 0) is 42.3 Å². The number of rotatable bonds is 12. The number of methoxy groups -OCH3 is 1. The Hall–Kier alpha value is -3.44. The zero-order chi connectivity index (χ0) is 24.5. The summed E-state index contributed by atoms with van der Waals surface area (Å²) in [5.74, 6) is 1.58. The number of hydrogen-bond acceptors (Lipinski definition) is 5. The molecule has 4 nitrogen and oxygen atoms in total. The second-order valence-electron chi connectivity index (χ2n) is 8.35. The number of hydrogen-bond donors (Lipinski definition) is 0. The molecule has 0 radical (unpaired) electrons. The monoisotopic (exact) mass is 485 g/mol. The molecule has 1 aromatic heterocycles. The normalized spacial score (nSPS) is 11.3. The number of carbonyl (C=O) groups excluding carboxylic acids is 1. The van der Waals surface area contributed by atoms with Crippen LogP contribution in [0.1, 0.15) is 47.8 Å². The van der Waals surface area contributed by atoms with E-state index in [4.69, 9.17) is 9.47 Å². The zero-order valence-corrected chi connectivity index (χ0v) is 21.1. The Kier molecular flexibility index (Phi) is 8.68. The smallest absolute Gasteiger partial charge is 0.203 e. The maximum atomic E-state index is 13.5. The fourth-order valence-electron chi connectivity index (χ4n) is 4.00. The van der Waals surface area contributed by atoms with Gasteiger partial charge in [-0.2, -0.15) is 0 Å². The summed E-state index contributed by atoms with van der Waals surface area (Å²) in [6, 6.07) is 23.3. The van der Waals surface area contributed by atoms with Crippen LogP contribution in [0.5, 0.6) is 11.5 Å². The summed E-state index contributed by atoms with van der Waals surface area (Å²) in [6.07, 6.45) is 6.71. The molecule has 3 aromatic carbocycles. The Labute approximate surface area is 211 Å². The fraction of sp³-hybridized carbons (Fsp3) is 0.267. The summed E-state index contributed by atoms with van der Waals surface area (Å²) in [6.45, 7) is 3.52. The number of carbonyl (C=O) groups is 1. The van der Waals surface area contributed by atoms with Crippen LogP contribution in [0.4, 0.5) is 0 Å². The van der Waals surface area contributed by atoms with Crippen LogP contribution >= 0.6 is 11.3 Å². The van der Waals surface area contributed by atoms with E-state index in [1.54, 1.807) is 7.11 Å². The third kappa shape index (κ3) is 6.17. The minimum Gasteiger partial charge on any atom is -0.497 e. The first-order valence-electron chi connectivity index (χ1n) is 12.1. The second-order valence-corrected chi connectivity index (χ2v) is 9.40. The van der Waals surface area contributed by atoms with Gasteiger partial charge in [0.1, 0.15) is 18.1 Å². The van der Waals surface area contributed by atoms with Crippen molar-refractivity contribution in [3.8, 4) is 22.6 Å². The molecule has 4 rings (SSSR count). The zero-order valence-electron chi connectivity index (χ0n) is 20.3. The molecule has 0 unspecified atom stereocenters. The lowest BCUT2D eigenvalue weighted by atomic mass is 9.98. The molecule has 35 heavy (non-hydrogen) atoms. The average Bonchev–Trinajstić information content (AvgIpc) is 3.29. The molecule has 0 amide bonds. The van der Waals surface area contributed by atoms with Crippen LogP contribution in [-0.2, 0) is 0 Å². The highest BCUT2D eigenvalue weighted by Gasteiger charge is 2.21. The van der Waals surface area contributed by atoms with E-state index in [0.29, 0.717) is 12.2 Å². The third-order valence-electron chi connectivity index (χ3n) is 5.88. The summed E-state index contributed by atoms with van der Waals surface area (Å²) < 4.78 is 12.3. The van der Waals surface area contributed by atoms with Crippen LogP contribution in [0.2, 0.25) is 0 Å². The van der Waals surface area contributed by atoms with Crippen molar-refractivity contribution < 1.29 is 14.3 Å². The Balaban J connectivity index is 1.55. The van der Waals surface area contributed by atoms with Crippen molar-refractivity contribution in [2.75, 3.05) is 20.3 Å². The average molecular weight is 486 g/mol. The van der Waals surface area contributed by atoms with Crippen molar-refractivity contribution in [1.29, 1.82) is 0 Å². The van der Waals surface area contributed by atoms with Gasteiger partial charge in [0.2, 0.25) is 5.78 Å². The molecule has 0 bridgehead atoms. The second kappa shape index (κ2) is 12.3. The number of fused-ring (bicyclic) bond motifs is 1. The quantitative estimate of drug-likeness (QED) is 0.117. The number of nitrogens with zero attached hydrogens (tertiary/aromatic N) is 1. The van der Waals surface area contributed by atoms with E-state index in [0.717, 1.165) is 50.6 Å². The van der Waals surface area contributed by atoms with Crippen molar-refractivity contribution in [3.63, 3.8) is 0 Å². The molecule has 0 atom stereocenters. The van der Waals surface area contributed by atoms with Crippen molar-refractivity contribution >= 4 is 33.4 Å². The predicted molar refractivity (Wildman–Crippen MR) is 147 cm³/mol. The molecule has 0 aliphatic rings.